The fourth-order valence-electron chi connectivity index (χ4n) is 2.54. The topological polar surface area (TPSA) is 36.4 Å². The molecule has 6 heteroatoms. The van der Waals surface area contributed by atoms with Gasteiger partial charge in [-0.25, -0.2) is 4.39 Å². The molecular weight excluding hydrogens is 424 g/mol. The Balaban J connectivity index is 0.00000264. The van der Waals surface area contributed by atoms with E-state index in [4.69, 9.17) is 0 Å². The number of guanidine groups is 1. The molecule has 0 spiro atoms. The Hall–Kier alpha value is -0.500. The van der Waals surface area contributed by atoms with E-state index < -0.39 is 0 Å². The average Bonchev–Trinajstić information content (AvgIpc) is 3.01. The molecule has 2 N–H and O–H groups in total. The van der Waals surface area contributed by atoms with E-state index >= 15 is 0 Å². The summed E-state index contributed by atoms with van der Waals surface area (Å²) in [5.41, 5.74) is 1.02. The molecule has 1 aromatic carbocycles. The SMILES string of the molecule is CN=C(NCC1CCCS1)NCC(C)(C)c1ccc(F)cc1.I. The third-order valence-electron chi connectivity index (χ3n) is 4.07. The monoisotopic (exact) mass is 451 g/mol. The van der Waals surface area contributed by atoms with E-state index in [1.807, 2.05) is 23.9 Å². The van der Waals surface area contributed by atoms with E-state index in [0.717, 1.165) is 24.6 Å². The third-order valence-corrected chi connectivity index (χ3v) is 5.47. The number of aliphatic imine (C=N–C) groups is 1. The normalized spacial score (nSPS) is 18.4. The van der Waals surface area contributed by atoms with Crippen LogP contribution in [0.5, 0.6) is 0 Å². The molecule has 1 atom stereocenters. The minimum atomic E-state index is -0.195. The van der Waals surface area contributed by atoms with Gasteiger partial charge in [-0.1, -0.05) is 26.0 Å². The van der Waals surface area contributed by atoms with Crippen molar-refractivity contribution in [2.24, 2.45) is 4.99 Å². The second-order valence-corrected chi connectivity index (χ2v) is 7.74. The van der Waals surface area contributed by atoms with Crippen molar-refractivity contribution in [2.75, 3.05) is 25.9 Å². The van der Waals surface area contributed by atoms with E-state index in [1.165, 1.54) is 30.7 Å². The van der Waals surface area contributed by atoms with Gasteiger partial charge in [0.25, 0.3) is 0 Å². The molecule has 0 amide bonds. The molecule has 1 saturated heterocycles. The Labute approximate surface area is 160 Å². The predicted molar refractivity (Wildman–Crippen MR) is 110 cm³/mol. The summed E-state index contributed by atoms with van der Waals surface area (Å²) in [5, 5.41) is 7.48. The second-order valence-electron chi connectivity index (χ2n) is 6.33. The molecular formula is C17H27FIN3S. The molecule has 1 aromatic rings. The lowest BCUT2D eigenvalue weighted by atomic mass is 9.84. The lowest BCUT2D eigenvalue weighted by Crippen LogP contribution is -2.45. The van der Waals surface area contributed by atoms with Crippen LogP contribution < -0.4 is 10.6 Å². The number of thioether (sulfide) groups is 1. The summed E-state index contributed by atoms with van der Waals surface area (Å²) in [4.78, 5) is 4.29. The van der Waals surface area contributed by atoms with Crippen LogP contribution in [0.2, 0.25) is 0 Å². The van der Waals surface area contributed by atoms with Crippen LogP contribution >= 0.6 is 35.7 Å². The van der Waals surface area contributed by atoms with Crippen LogP contribution in [-0.2, 0) is 5.41 Å². The van der Waals surface area contributed by atoms with Crippen LogP contribution in [0.1, 0.15) is 32.3 Å². The summed E-state index contributed by atoms with van der Waals surface area (Å²) in [5.74, 6) is 1.91. The summed E-state index contributed by atoms with van der Waals surface area (Å²) < 4.78 is 13.0. The first-order chi connectivity index (χ1) is 10.5. The van der Waals surface area contributed by atoms with Crippen molar-refractivity contribution in [1.29, 1.82) is 0 Å². The first-order valence-electron chi connectivity index (χ1n) is 7.83. The van der Waals surface area contributed by atoms with E-state index in [9.17, 15) is 4.39 Å². The van der Waals surface area contributed by atoms with Crippen LogP contribution in [0.25, 0.3) is 0 Å². The number of nitrogens with zero attached hydrogens (tertiary/aromatic N) is 1. The second kappa shape index (κ2) is 9.71. The van der Waals surface area contributed by atoms with Gasteiger partial charge in [0.2, 0.25) is 0 Å². The van der Waals surface area contributed by atoms with Crippen molar-refractivity contribution >= 4 is 41.7 Å². The molecule has 0 aromatic heterocycles. The van der Waals surface area contributed by atoms with Gasteiger partial charge < -0.3 is 10.6 Å². The van der Waals surface area contributed by atoms with Crippen molar-refractivity contribution in [1.82, 2.24) is 10.6 Å². The minimum Gasteiger partial charge on any atom is -0.356 e. The molecule has 130 valence electrons. The number of benzene rings is 1. The maximum absolute atomic E-state index is 13.0. The number of rotatable bonds is 5. The first-order valence-corrected chi connectivity index (χ1v) is 8.88. The number of halogens is 2. The largest absolute Gasteiger partial charge is 0.356 e. The van der Waals surface area contributed by atoms with E-state index in [1.54, 1.807) is 7.05 Å². The fourth-order valence-corrected chi connectivity index (χ4v) is 3.75. The Kier molecular flexibility index (Phi) is 8.68. The molecule has 1 aliphatic rings. The third kappa shape index (κ3) is 6.49. The van der Waals surface area contributed by atoms with Crippen LogP contribution in [0, 0.1) is 5.82 Å². The molecule has 0 saturated carbocycles. The number of nitrogens with one attached hydrogen (secondary N) is 2. The van der Waals surface area contributed by atoms with Crippen LogP contribution in [-0.4, -0.2) is 37.1 Å². The molecule has 2 rings (SSSR count). The number of hydrogen-bond acceptors (Lipinski definition) is 2. The van der Waals surface area contributed by atoms with Gasteiger partial charge in [0.1, 0.15) is 5.82 Å². The van der Waals surface area contributed by atoms with Gasteiger partial charge in [-0.15, -0.1) is 24.0 Å². The molecule has 1 fully saturated rings. The first kappa shape index (κ1) is 20.5. The van der Waals surface area contributed by atoms with Crippen molar-refractivity contribution in [3.05, 3.63) is 35.6 Å². The van der Waals surface area contributed by atoms with E-state index in [0.29, 0.717) is 5.25 Å². The highest BCUT2D eigenvalue weighted by Crippen LogP contribution is 2.25. The minimum absolute atomic E-state index is 0. The smallest absolute Gasteiger partial charge is 0.191 e. The molecule has 1 aliphatic heterocycles. The lowest BCUT2D eigenvalue weighted by Gasteiger charge is -2.27. The van der Waals surface area contributed by atoms with Crippen LogP contribution in [0.15, 0.2) is 29.3 Å². The fraction of sp³-hybridized carbons (Fsp3) is 0.588. The highest BCUT2D eigenvalue weighted by atomic mass is 127. The molecule has 0 aliphatic carbocycles. The van der Waals surface area contributed by atoms with E-state index in [-0.39, 0.29) is 35.2 Å². The highest BCUT2D eigenvalue weighted by molar-refractivity contribution is 14.0. The molecule has 0 bridgehead atoms. The summed E-state index contributed by atoms with van der Waals surface area (Å²) in [6.45, 7) is 6.00. The lowest BCUT2D eigenvalue weighted by molar-refractivity contribution is 0.506. The van der Waals surface area contributed by atoms with Crippen LogP contribution in [0.3, 0.4) is 0 Å². The number of hydrogen-bond donors (Lipinski definition) is 2. The standard InChI is InChI=1S/C17H26FN3S.HI/c1-17(2,13-6-8-14(18)9-7-13)12-21-16(19-3)20-11-15-5-4-10-22-15;/h6-9,15H,4-5,10-12H2,1-3H3,(H2,19,20,21);1H. The van der Waals surface area contributed by atoms with Gasteiger partial charge in [0, 0.05) is 30.8 Å². The zero-order valence-electron chi connectivity index (χ0n) is 14.1. The van der Waals surface area contributed by atoms with Crippen molar-refractivity contribution in [2.45, 2.75) is 37.4 Å². The maximum Gasteiger partial charge on any atom is 0.191 e. The zero-order chi connectivity index (χ0) is 16.0. The predicted octanol–water partition coefficient (Wildman–Crippen LogP) is 3.78. The van der Waals surface area contributed by atoms with Gasteiger partial charge in [-0.2, -0.15) is 11.8 Å². The molecule has 1 heterocycles. The van der Waals surface area contributed by atoms with Crippen LogP contribution in [0.4, 0.5) is 4.39 Å². The molecule has 0 radical (unpaired) electrons. The maximum atomic E-state index is 13.0. The molecule has 1 unspecified atom stereocenters. The summed E-state index contributed by atoms with van der Waals surface area (Å²) >= 11 is 2.04. The summed E-state index contributed by atoms with van der Waals surface area (Å²) in [6, 6.07) is 6.73. The summed E-state index contributed by atoms with van der Waals surface area (Å²) in [6.07, 6.45) is 2.61. The van der Waals surface area contributed by atoms with Gasteiger partial charge in [0.05, 0.1) is 0 Å². The Morgan fingerprint density at radius 3 is 2.57 bits per heavy atom. The Morgan fingerprint density at radius 1 is 1.30 bits per heavy atom. The zero-order valence-corrected chi connectivity index (χ0v) is 17.2. The Morgan fingerprint density at radius 2 is 2.00 bits per heavy atom. The van der Waals surface area contributed by atoms with Crippen molar-refractivity contribution in [3.8, 4) is 0 Å². The van der Waals surface area contributed by atoms with Gasteiger partial charge in [-0.3, -0.25) is 4.99 Å². The quantitative estimate of drug-likeness (QED) is 0.407. The van der Waals surface area contributed by atoms with Gasteiger partial charge >= 0.3 is 0 Å². The van der Waals surface area contributed by atoms with Crippen molar-refractivity contribution in [3.63, 3.8) is 0 Å². The Bertz CT molecular complexity index is 499. The van der Waals surface area contributed by atoms with E-state index in [2.05, 4.69) is 29.5 Å². The van der Waals surface area contributed by atoms with Gasteiger partial charge in [0.15, 0.2) is 5.96 Å². The molecule has 23 heavy (non-hydrogen) atoms. The van der Waals surface area contributed by atoms with Gasteiger partial charge in [-0.05, 0) is 36.3 Å². The van der Waals surface area contributed by atoms with Crippen molar-refractivity contribution < 1.29 is 4.39 Å². The highest BCUT2D eigenvalue weighted by Gasteiger charge is 2.21. The average molecular weight is 451 g/mol. The summed E-state index contributed by atoms with van der Waals surface area (Å²) in [7, 11) is 1.79. The molecule has 3 nitrogen and oxygen atoms in total.